The van der Waals surface area contributed by atoms with Gasteiger partial charge in [0.1, 0.15) is 11.5 Å². The molecule has 0 bridgehead atoms. The summed E-state index contributed by atoms with van der Waals surface area (Å²) in [6.07, 6.45) is 4.49. The van der Waals surface area contributed by atoms with Crippen molar-refractivity contribution in [2.75, 3.05) is 0 Å². The first-order chi connectivity index (χ1) is 14.1. The zero-order valence-corrected chi connectivity index (χ0v) is 16.2. The fourth-order valence-electron chi connectivity index (χ4n) is 3.21. The number of guanidine groups is 1. The summed E-state index contributed by atoms with van der Waals surface area (Å²) in [6.45, 7) is 2.06. The van der Waals surface area contributed by atoms with E-state index in [1.165, 1.54) is 0 Å². The molecule has 0 aliphatic carbocycles. The van der Waals surface area contributed by atoms with Crippen LogP contribution in [0.4, 0.5) is 0 Å². The molecule has 5 N–H and O–H groups in total. The number of hydrogen-bond donors (Lipinski definition) is 3. The Kier molecular flexibility index (Phi) is 5.01. The molecule has 0 radical (unpaired) electrons. The van der Waals surface area contributed by atoms with Gasteiger partial charge in [0.05, 0.1) is 0 Å². The smallest absolute Gasteiger partial charge is 0.195 e. The molecule has 4 rings (SSSR count). The van der Waals surface area contributed by atoms with Crippen LogP contribution in [0.5, 0.6) is 11.5 Å². The van der Waals surface area contributed by atoms with Crippen molar-refractivity contribution >= 4 is 11.7 Å². The van der Waals surface area contributed by atoms with Crippen LogP contribution in [0, 0.1) is 0 Å². The number of aromatic nitrogens is 1. The molecule has 2 heterocycles. The van der Waals surface area contributed by atoms with Crippen molar-refractivity contribution in [2.24, 2.45) is 16.5 Å². The average molecular weight is 385 g/mol. The topological polar surface area (TPSA) is 98.5 Å². The lowest BCUT2D eigenvalue weighted by molar-refractivity contribution is 0.480. The molecule has 1 aliphatic heterocycles. The summed E-state index contributed by atoms with van der Waals surface area (Å²) in [5.74, 6) is 1.74. The maximum Gasteiger partial charge on any atom is 0.195 e. The monoisotopic (exact) mass is 385 g/mol. The van der Waals surface area contributed by atoms with Gasteiger partial charge in [-0.05, 0) is 41.8 Å². The van der Waals surface area contributed by atoms with E-state index in [4.69, 9.17) is 16.2 Å². The van der Waals surface area contributed by atoms with Crippen LogP contribution in [0.1, 0.15) is 23.7 Å². The first-order valence-corrected chi connectivity index (χ1v) is 9.48. The van der Waals surface area contributed by atoms with Gasteiger partial charge in [-0.25, -0.2) is 4.99 Å². The van der Waals surface area contributed by atoms with Crippen LogP contribution >= 0.6 is 0 Å². The van der Waals surface area contributed by atoms with Gasteiger partial charge in [0.2, 0.25) is 0 Å². The van der Waals surface area contributed by atoms with Gasteiger partial charge in [0.25, 0.3) is 0 Å². The van der Waals surface area contributed by atoms with E-state index in [2.05, 4.69) is 22.2 Å². The Bertz CT molecular complexity index is 1060. The van der Waals surface area contributed by atoms with Crippen molar-refractivity contribution in [3.63, 3.8) is 0 Å². The van der Waals surface area contributed by atoms with Gasteiger partial charge in [0.15, 0.2) is 11.6 Å². The normalized spacial score (nSPS) is 18.4. The summed E-state index contributed by atoms with van der Waals surface area (Å²) in [5.41, 5.74) is 15.2. The third kappa shape index (κ3) is 4.12. The number of aryl methyl sites for hydroxylation is 1. The molecular formula is C23H23N5O. The van der Waals surface area contributed by atoms with Crippen LogP contribution in [0.25, 0.3) is 5.70 Å². The van der Waals surface area contributed by atoms with Crippen molar-refractivity contribution in [1.82, 2.24) is 10.3 Å². The van der Waals surface area contributed by atoms with Gasteiger partial charge in [0, 0.05) is 23.7 Å². The number of nitrogens with zero attached hydrogens (tertiary/aromatic N) is 2. The highest BCUT2D eigenvalue weighted by molar-refractivity contribution is 5.90. The second-order valence-corrected chi connectivity index (χ2v) is 6.83. The van der Waals surface area contributed by atoms with E-state index in [9.17, 15) is 0 Å². The zero-order chi connectivity index (χ0) is 20.3. The van der Waals surface area contributed by atoms with Crippen molar-refractivity contribution < 1.29 is 4.74 Å². The van der Waals surface area contributed by atoms with E-state index in [0.717, 1.165) is 34.7 Å². The van der Waals surface area contributed by atoms with Gasteiger partial charge >= 0.3 is 0 Å². The lowest BCUT2D eigenvalue weighted by atomic mass is 9.96. The van der Waals surface area contributed by atoms with Gasteiger partial charge in [-0.1, -0.05) is 49.4 Å². The fourth-order valence-corrected chi connectivity index (χ4v) is 3.21. The minimum Gasteiger partial charge on any atom is -0.457 e. The van der Waals surface area contributed by atoms with Crippen molar-refractivity contribution in [3.05, 3.63) is 95.8 Å². The standard InChI is InChI=1S/C23H23N5O/c1-2-18-14-20(12-13-26-18)29-19-10-8-17(9-11-19)23(25)15-21(27-22(24)28-23)16-6-4-3-5-7-16/h3-15H,2,25H2,1H3,(H3,24,27,28). The predicted molar refractivity (Wildman–Crippen MR) is 115 cm³/mol. The Morgan fingerprint density at radius 2 is 1.76 bits per heavy atom. The molecule has 2 aromatic carbocycles. The lowest BCUT2D eigenvalue weighted by Gasteiger charge is -2.29. The van der Waals surface area contributed by atoms with Crippen molar-refractivity contribution in [1.29, 1.82) is 0 Å². The molecule has 3 aromatic rings. The van der Waals surface area contributed by atoms with Gasteiger partial charge in [-0.2, -0.15) is 0 Å². The van der Waals surface area contributed by atoms with Crippen LogP contribution in [-0.4, -0.2) is 10.9 Å². The molecule has 0 amide bonds. The number of aliphatic imine (C=N–C) groups is 1. The average Bonchev–Trinajstić information content (AvgIpc) is 2.74. The van der Waals surface area contributed by atoms with E-state index >= 15 is 0 Å². The molecule has 1 atom stereocenters. The summed E-state index contributed by atoms with van der Waals surface area (Å²) in [5, 5.41) is 3.09. The van der Waals surface area contributed by atoms with E-state index in [0.29, 0.717) is 5.75 Å². The summed E-state index contributed by atoms with van der Waals surface area (Å²) in [6, 6.07) is 21.2. The Morgan fingerprint density at radius 1 is 1.00 bits per heavy atom. The van der Waals surface area contributed by atoms with E-state index in [1.807, 2.05) is 72.8 Å². The summed E-state index contributed by atoms with van der Waals surface area (Å²) in [7, 11) is 0. The van der Waals surface area contributed by atoms with Crippen molar-refractivity contribution in [3.8, 4) is 11.5 Å². The molecule has 29 heavy (non-hydrogen) atoms. The van der Waals surface area contributed by atoms with Crippen LogP contribution in [-0.2, 0) is 12.1 Å². The Hall–Kier alpha value is -3.64. The largest absolute Gasteiger partial charge is 0.457 e. The first-order valence-electron chi connectivity index (χ1n) is 9.48. The van der Waals surface area contributed by atoms with Crippen LogP contribution in [0.15, 0.2) is 84.0 Å². The zero-order valence-electron chi connectivity index (χ0n) is 16.2. The highest BCUT2D eigenvalue weighted by atomic mass is 16.5. The minimum atomic E-state index is -1.06. The fraction of sp³-hybridized carbons (Fsp3) is 0.130. The lowest BCUT2D eigenvalue weighted by Crippen LogP contribution is -2.44. The third-order valence-electron chi connectivity index (χ3n) is 4.72. The highest BCUT2D eigenvalue weighted by Gasteiger charge is 2.29. The van der Waals surface area contributed by atoms with Crippen LogP contribution in [0.2, 0.25) is 0 Å². The van der Waals surface area contributed by atoms with E-state index in [1.54, 1.807) is 6.20 Å². The number of rotatable bonds is 5. The van der Waals surface area contributed by atoms with Gasteiger partial charge < -0.3 is 15.8 Å². The van der Waals surface area contributed by atoms with Crippen LogP contribution < -0.4 is 21.5 Å². The molecular weight excluding hydrogens is 362 g/mol. The summed E-state index contributed by atoms with van der Waals surface area (Å²) < 4.78 is 5.94. The Labute approximate surface area is 169 Å². The molecule has 6 nitrogen and oxygen atoms in total. The van der Waals surface area contributed by atoms with Crippen LogP contribution in [0.3, 0.4) is 0 Å². The number of benzene rings is 2. The number of nitrogens with two attached hydrogens (primary N) is 2. The van der Waals surface area contributed by atoms with E-state index in [-0.39, 0.29) is 5.96 Å². The first kappa shape index (κ1) is 18.7. The quantitative estimate of drug-likeness (QED) is 0.624. The number of ether oxygens (including phenoxy) is 1. The SMILES string of the molecule is CCc1cc(Oc2ccc(C3(N)C=C(c4ccccc4)NC(N)=N3)cc2)ccn1. The molecule has 0 spiro atoms. The number of nitrogens with one attached hydrogen (secondary N) is 1. The molecule has 0 saturated heterocycles. The van der Waals surface area contributed by atoms with Crippen molar-refractivity contribution in [2.45, 2.75) is 19.0 Å². The van der Waals surface area contributed by atoms with Gasteiger partial charge in [-0.15, -0.1) is 0 Å². The molecule has 146 valence electrons. The number of pyridine rings is 1. The molecule has 0 saturated carbocycles. The maximum atomic E-state index is 6.61. The van der Waals surface area contributed by atoms with Gasteiger partial charge in [-0.3, -0.25) is 10.7 Å². The third-order valence-corrected chi connectivity index (χ3v) is 4.72. The maximum absolute atomic E-state index is 6.61. The second-order valence-electron chi connectivity index (χ2n) is 6.83. The molecule has 6 heteroatoms. The Morgan fingerprint density at radius 3 is 2.48 bits per heavy atom. The molecule has 1 unspecified atom stereocenters. The second kappa shape index (κ2) is 7.77. The summed E-state index contributed by atoms with van der Waals surface area (Å²) in [4.78, 5) is 8.72. The Balaban J connectivity index is 1.60. The summed E-state index contributed by atoms with van der Waals surface area (Å²) >= 11 is 0. The van der Waals surface area contributed by atoms with E-state index < -0.39 is 5.66 Å². The highest BCUT2D eigenvalue weighted by Crippen LogP contribution is 2.30. The predicted octanol–water partition coefficient (Wildman–Crippen LogP) is 3.51. The molecule has 0 fully saturated rings. The molecule has 1 aliphatic rings. The molecule has 1 aromatic heterocycles. The number of hydrogen-bond acceptors (Lipinski definition) is 6. The minimum absolute atomic E-state index is 0.276.